The molecule has 3 rings (SSSR count). The molecule has 1 aliphatic heterocycles. The van der Waals surface area contributed by atoms with Gasteiger partial charge in [-0.25, -0.2) is 0 Å². The third kappa shape index (κ3) is 1.58. The van der Waals surface area contributed by atoms with Crippen molar-refractivity contribution < 1.29 is 4.74 Å². The van der Waals surface area contributed by atoms with Gasteiger partial charge in [-0.2, -0.15) is 0 Å². The van der Waals surface area contributed by atoms with Gasteiger partial charge in [0.05, 0.1) is 0 Å². The maximum atomic E-state index is 5.93. The van der Waals surface area contributed by atoms with Crippen molar-refractivity contribution in [3.63, 3.8) is 0 Å². The summed E-state index contributed by atoms with van der Waals surface area (Å²) in [5, 5.41) is 0. The quantitative estimate of drug-likeness (QED) is 0.628. The van der Waals surface area contributed by atoms with Crippen molar-refractivity contribution in [3.8, 4) is 0 Å². The molecule has 1 heterocycles. The molecule has 1 aromatic carbocycles. The number of hydrogen-bond acceptors (Lipinski definition) is 1. The lowest BCUT2D eigenvalue weighted by molar-refractivity contribution is 0.187. The molecular weight excluding hydrogens is 184 g/mol. The molecule has 0 amide bonds. The second-order valence-electron chi connectivity index (χ2n) is 4.15. The molecule has 1 nitrogen and oxygen atoms in total. The molecule has 2 atom stereocenters. The Morgan fingerprint density at radius 2 is 2.00 bits per heavy atom. The van der Waals surface area contributed by atoms with Crippen LogP contribution in [0.3, 0.4) is 0 Å². The molecule has 0 aromatic heterocycles. The van der Waals surface area contributed by atoms with Gasteiger partial charge < -0.3 is 4.74 Å². The summed E-state index contributed by atoms with van der Waals surface area (Å²) in [6.45, 7) is 0. The number of rotatable bonds is 1. The van der Waals surface area contributed by atoms with Crippen molar-refractivity contribution in [2.45, 2.75) is 18.9 Å². The number of benzene rings is 1. The highest BCUT2D eigenvalue weighted by atomic mass is 16.5. The zero-order chi connectivity index (χ0) is 10.1. The first-order valence-corrected chi connectivity index (χ1v) is 5.54. The van der Waals surface area contributed by atoms with Crippen LogP contribution in [0.2, 0.25) is 0 Å². The van der Waals surface area contributed by atoms with Crippen LogP contribution in [-0.2, 0) is 4.74 Å². The van der Waals surface area contributed by atoms with Gasteiger partial charge in [0, 0.05) is 11.5 Å². The Balaban J connectivity index is 1.88. The molecule has 0 bridgehead atoms. The first-order chi connectivity index (χ1) is 7.43. The summed E-state index contributed by atoms with van der Waals surface area (Å²) in [5.74, 6) is 1.64. The normalized spacial score (nSPS) is 28.1. The van der Waals surface area contributed by atoms with Gasteiger partial charge in [-0.05, 0) is 25.0 Å². The minimum absolute atomic E-state index is 0.286. The van der Waals surface area contributed by atoms with E-state index < -0.39 is 0 Å². The van der Waals surface area contributed by atoms with Gasteiger partial charge in [0.25, 0.3) is 0 Å². The van der Waals surface area contributed by atoms with Crippen LogP contribution in [-0.4, -0.2) is 6.10 Å². The van der Waals surface area contributed by atoms with E-state index in [-0.39, 0.29) is 6.10 Å². The van der Waals surface area contributed by atoms with E-state index >= 15 is 0 Å². The van der Waals surface area contributed by atoms with Crippen molar-refractivity contribution >= 4 is 5.76 Å². The molecule has 2 aliphatic rings. The molecule has 0 saturated heterocycles. The van der Waals surface area contributed by atoms with Crippen LogP contribution in [0.25, 0.3) is 5.76 Å². The van der Waals surface area contributed by atoms with Crippen LogP contribution in [0.1, 0.15) is 18.4 Å². The number of ether oxygens (including phenoxy) is 1. The molecule has 1 heteroatoms. The van der Waals surface area contributed by atoms with Crippen LogP contribution < -0.4 is 0 Å². The third-order valence-corrected chi connectivity index (χ3v) is 3.10. The second-order valence-corrected chi connectivity index (χ2v) is 4.15. The second kappa shape index (κ2) is 3.58. The lowest BCUT2D eigenvalue weighted by Crippen LogP contribution is -2.16. The van der Waals surface area contributed by atoms with Crippen molar-refractivity contribution in [3.05, 3.63) is 54.1 Å². The van der Waals surface area contributed by atoms with Gasteiger partial charge in [0.15, 0.2) is 0 Å². The van der Waals surface area contributed by atoms with Gasteiger partial charge in [0.2, 0.25) is 0 Å². The van der Waals surface area contributed by atoms with Crippen LogP contribution in [0.5, 0.6) is 0 Å². The molecule has 0 spiro atoms. The molecular formula is C14H14O. The van der Waals surface area contributed by atoms with Gasteiger partial charge in [-0.1, -0.05) is 36.4 Å². The monoisotopic (exact) mass is 198 g/mol. The van der Waals surface area contributed by atoms with E-state index in [0.29, 0.717) is 5.92 Å². The van der Waals surface area contributed by atoms with E-state index in [0.717, 1.165) is 5.76 Å². The molecule has 15 heavy (non-hydrogen) atoms. The van der Waals surface area contributed by atoms with E-state index in [1.807, 2.05) is 6.07 Å². The Bertz CT molecular complexity index is 403. The third-order valence-electron chi connectivity index (χ3n) is 3.10. The largest absolute Gasteiger partial charge is 0.485 e. The fourth-order valence-electron chi connectivity index (χ4n) is 2.28. The molecule has 1 aromatic rings. The minimum atomic E-state index is 0.286. The highest BCUT2D eigenvalue weighted by Crippen LogP contribution is 2.35. The van der Waals surface area contributed by atoms with Crippen molar-refractivity contribution in [2.75, 3.05) is 0 Å². The highest BCUT2D eigenvalue weighted by molar-refractivity contribution is 5.62. The summed E-state index contributed by atoms with van der Waals surface area (Å²) in [7, 11) is 0. The summed E-state index contributed by atoms with van der Waals surface area (Å²) < 4.78 is 5.93. The van der Waals surface area contributed by atoms with E-state index in [1.54, 1.807) is 0 Å². The summed E-state index contributed by atoms with van der Waals surface area (Å²) in [6, 6.07) is 10.3. The standard InChI is InChI=1S/C14H14O/c1-2-6-11(7-3-1)14-10-12-8-4-5-9-13(12)15-14/h1-3,5-7,9-10,12-13H,4,8H2/t12-,13-/m0/s1. The zero-order valence-electron chi connectivity index (χ0n) is 8.60. The van der Waals surface area contributed by atoms with Crippen LogP contribution in [0.4, 0.5) is 0 Å². The minimum Gasteiger partial charge on any atom is -0.485 e. The molecule has 0 unspecified atom stereocenters. The molecule has 0 radical (unpaired) electrons. The summed E-state index contributed by atoms with van der Waals surface area (Å²) in [5.41, 5.74) is 1.19. The summed E-state index contributed by atoms with van der Waals surface area (Å²) in [6.07, 6.45) is 9.39. The van der Waals surface area contributed by atoms with E-state index in [1.165, 1.54) is 18.4 Å². The van der Waals surface area contributed by atoms with Gasteiger partial charge >= 0.3 is 0 Å². The first kappa shape index (κ1) is 8.78. The fraction of sp³-hybridized carbons (Fsp3) is 0.286. The lowest BCUT2D eigenvalue weighted by Gasteiger charge is -2.18. The van der Waals surface area contributed by atoms with Crippen LogP contribution in [0, 0.1) is 5.92 Å². The number of fused-ring (bicyclic) bond motifs is 1. The van der Waals surface area contributed by atoms with Gasteiger partial charge in [0.1, 0.15) is 11.9 Å². The Hall–Kier alpha value is -1.50. The van der Waals surface area contributed by atoms with Crippen molar-refractivity contribution in [1.29, 1.82) is 0 Å². The molecule has 0 fully saturated rings. The average molecular weight is 198 g/mol. The maximum Gasteiger partial charge on any atom is 0.123 e. The van der Waals surface area contributed by atoms with Gasteiger partial charge in [-0.3, -0.25) is 0 Å². The van der Waals surface area contributed by atoms with Crippen molar-refractivity contribution in [1.82, 2.24) is 0 Å². The average Bonchev–Trinajstić information content (AvgIpc) is 2.74. The SMILES string of the molecule is C1=C[C@@H]2OC(c3ccccc3)=C[C@@H]2CC1. The zero-order valence-corrected chi connectivity index (χ0v) is 8.60. The number of allylic oxidation sites excluding steroid dienone is 1. The predicted molar refractivity (Wildman–Crippen MR) is 61.2 cm³/mol. The topological polar surface area (TPSA) is 9.23 Å². The maximum absolute atomic E-state index is 5.93. The molecule has 0 saturated carbocycles. The Kier molecular flexibility index (Phi) is 2.09. The molecule has 1 aliphatic carbocycles. The van der Waals surface area contributed by atoms with E-state index in [4.69, 9.17) is 4.74 Å². The molecule has 0 N–H and O–H groups in total. The molecule has 76 valence electrons. The first-order valence-electron chi connectivity index (χ1n) is 5.54. The highest BCUT2D eigenvalue weighted by Gasteiger charge is 2.28. The summed E-state index contributed by atoms with van der Waals surface area (Å²) >= 11 is 0. The Labute approximate surface area is 90.1 Å². The predicted octanol–water partition coefficient (Wildman–Crippen LogP) is 3.39. The van der Waals surface area contributed by atoms with Crippen LogP contribution >= 0.6 is 0 Å². The lowest BCUT2D eigenvalue weighted by atomic mass is 9.92. The van der Waals surface area contributed by atoms with E-state index in [9.17, 15) is 0 Å². The van der Waals surface area contributed by atoms with E-state index in [2.05, 4.69) is 42.5 Å². The smallest absolute Gasteiger partial charge is 0.123 e. The fourth-order valence-corrected chi connectivity index (χ4v) is 2.28. The van der Waals surface area contributed by atoms with Crippen molar-refractivity contribution in [2.24, 2.45) is 5.92 Å². The Morgan fingerprint density at radius 1 is 1.13 bits per heavy atom. The van der Waals surface area contributed by atoms with Crippen LogP contribution in [0.15, 0.2) is 48.6 Å². The number of hydrogen-bond donors (Lipinski definition) is 0. The Morgan fingerprint density at radius 3 is 2.80 bits per heavy atom. The van der Waals surface area contributed by atoms with Gasteiger partial charge in [-0.15, -0.1) is 0 Å². The summed E-state index contributed by atoms with van der Waals surface area (Å²) in [4.78, 5) is 0.